The summed E-state index contributed by atoms with van der Waals surface area (Å²) >= 11 is 0. The van der Waals surface area contributed by atoms with Gasteiger partial charge in [-0.15, -0.1) is 0 Å². The molecule has 0 radical (unpaired) electrons. The molecule has 0 spiro atoms. The Labute approximate surface area is 163 Å². The molecule has 0 saturated heterocycles. The van der Waals surface area contributed by atoms with Crippen LogP contribution in [0.15, 0.2) is 42.6 Å². The van der Waals surface area contributed by atoms with E-state index in [0.29, 0.717) is 6.54 Å². The van der Waals surface area contributed by atoms with Crippen LogP contribution >= 0.6 is 0 Å². The largest absolute Gasteiger partial charge is 0.444 e. The Morgan fingerprint density at radius 2 is 1.93 bits per heavy atom. The van der Waals surface area contributed by atoms with Gasteiger partial charge in [0.1, 0.15) is 5.60 Å². The Morgan fingerprint density at radius 1 is 1.26 bits per heavy atom. The van der Waals surface area contributed by atoms with Crippen LogP contribution in [0.1, 0.15) is 46.1 Å². The monoisotopic (exact) mass is 373 g/mol. The fraction of sp³-hybridized carbons (Fsp3) is 0.591. The Bertz CT molecular complexity index is 606. The van der Waals surface area contributed by atoms with Crippen LogP contribution in [0.3, 0.4) is 0 Å². The number of nitrogens with one attached hydrogen (secondary N) is 3. The summed E-state index contributed by atoms with van der Waals surface area (Å²) < 4.78 is 5.42. The molecule has 2 atom stereocenters. The first kappa shape index (κ1) is 21.3. The van der Waals surface area contributed by atoms with Crippen LogP contribution in [-0.4, -0.2) is 36.9 Å². The van der Waals surface area contributed by atoms with Gasteiger partial charge in [0.25, 0.3) is 0 Å². The minimum atomic E-state index is -0.511. The summed E-state index contributed by atoms with van der Waals surface area (Å²) in [5.74, 6) is 0.814. The first-order chi connectivity index (χ1) is 12.7. The van der Waals surface area contributed by atoms with Gasteiger partial charge in [-0.05, 0) is 58.4 Å². The molecule has 0 unspecified atom stereocenters. The highest BCUT2D eigenvalue weighted by Gasteiger charge is 2.22. The second-order valence-electron chi connectivity index (χ2n) is 8.51. The second-order valence-corrected chi connectivity index (χ2v) is 8.51. The zero-order valence-electron chi connectivity index (χ0n) is 17.2. The fourth-order valence-corrected chi connectivity index (χ4v) is 2.74. The number of benzene rings is 1. The summed E-state index contributed by atoms with van der Waals surface area (Å²) in [4.78, 5) is 12.2. The van der Waals surface area contributed by atoms with Crippen LogP contribution in [0.25, 0.3) is 0 Å². The lowest BCUT2D eigenvalue weighted by molar-refractivity contribution is 0.0503. The Morgan fingerprint density at radius 3 is 2.52 bits per heavy atom. The van der Waals surface area contributed by atoms with Crippen LogP contribution in [0.4, 0.5) is 4.79 Å². The van der Waals surface area contributed by atoms with Gasteiger partial charge in [-0.25, -0.2) is 4.79 Å². The van der Waals surface area contributed by atoms with Crippen molar-refractivity contribution in [2.24, 2.45) is 5.92 Å². The quantitative estimate of drug-likeness (QED) is 0.586. The molecule has 1 fully saturated rings. The summed E-state index contributed by atoms with van der Waals surface area (Å²) in [6.45, 7) is 13.5. The lowest BCUT2D eigenvalue weighted by atomic mass is 10.1. The molecule has 5 nitrogen and oxygen atoms in total. The van der Waals surface area contributed by atoms with Gasteiger partial charge in [-0.2, -0.15) is 0 Å². The molecule has 1 aliphatic carbocycles. The van der Waals surface area contributed by atoms with Gasteiger partial charge in [0.05, 0.1) is 0 Å². The lowest BCUT2D eigenvalue weighted by Crippen LogP contribution is -2.48. The highest BCUT2D eigenvalue weighted by Crippen LogP contribution is 2.27. The smallest absolute Gasteiger partial charge is 0.407 e. The molecular weight excluding hydrogens is 338 g/mol. The number of ether oxygens (including phenoxy) is 1. The maximum Gasteiger partial charge on any atom is 0.407 e. The standard InChI is InChI=1S/C22H35N3O2/c1-16(23-14-19-11-12-19)17(2)24-15-20(13-18-9-7-6-8-10-18)25-21(26)27-22(3,4)5/h6-10,17,19-20,23-24H,1,11-15H2,2-5H3,(H,25,26)/t17-,20-/m0/s1. The molecule has 0 aliphatic heterocycles. The van der Waals surface area contributed by atoms with Crippen molar-refractivity contribution in [3.63, 3.8) is 0 Å². The predicted octanol–water partition coefficient (Wildman–Crippen LogP) is 3.61. The number of alkyl carbamates (subject to hydrolysis) is 1. The predicted molar refractivity (Wildman–Crippen MR) is 111 cm³/mol. The van der Waals surface area contributed by atoms with Crippen LogP contribution in [0.2, 0.25) is 0 Å². The van der Waals surface area contributed by atoms with E-state index >= 15 is 0 Å². The summed E-state index contributed by atoms with van der Waals surface area (Å²) in [6.07, 6.45) is 2.99. The fourth-order valence-electron chi connectivity index (χ4n) is 2.74. The molecule has 5 heteroatoms. The average molecular weight is 374 g/mol. The number of hydrogen-bond acceptors (Lipinski definition) is 4. The van der Waals surface area contributed by atoms with E-state index in [0.717, 1.165) is 24.6 Å². The van der Waals surface area contributed by atoms with E-state index in [4.69, 9.17) is 4.74 Å². The molecule has 2 rings (SSSR count). The van der Waals surface area contributed by atoms with Crippen molar-refractivity contribution in [3.8, 4) is 0 Å². The first-order valence-corrected chi connectivity index (χ1v) is 9.92. The summed E-state index contributed by atoms with van der Waals surface area (Å²) in [7, 11) is 0. The maximum atomic E-state index is 12.2. The zero-order chi connectivity index (χ0) is 19.9. The van der Waals surface area contributed by atoms with Crippen molar-refractivity contribution >= 4 is 6.09 Å². The third-order valence-electron chi connectivity index (χ3n) is 4.55. The van der Waals surface area contributed by atoms with Crippen LogP contribution in [-0.2, 0) is 11.2 Å². The van der Waals surface area contributed by atoms with Crippen molar-refractivity contribution < 1.29 is 9.53 Å². The van der Waals surface area contributed by atoms with Crippen molar-refractivity contribution in [3.05, 3.63) is 48.2 Å². The molecule has 3 N–H and O–H groups in total. The molecule has 1 saturated carbocycles. The van der Waals surface area contributed by atoms with E-state index in [-0.39, 0.29) is 18.2 Å². The summed E-state index contributed by atoms with van der Waals surface area (Å²) in [5.41, 5.74) is 1.67. The molecule has 1 amide bonds. The molecule has 0 bridgehead atoms. The molecular formula is C22H35N3O2. The number of carbonyl (C=O) groups is 1. The third kappa shape index (κ3) is 8.96. The Hall–Kier alpha value is -2.01. The van der Waals surface area contributed by atoms with Crippen molar-refractivity contribution in [2.45, 2.75) is 64.6 Å². The number of rotatable bonds is 10. The normalized spacial score (nSPS) is 16.3. The highest BCUT2D eigenvalue weighted by atomic mass is 16.6. The van der Waals surface area contributed by atoms with E-state index in [1.165, 1.54) is 18.4 Å². The number of carbonyl (C=O) groups excluding carboxylic acids is 1. The average Bonchev–Trinajstić information content (AvgIpc) is 3.40. The maximum absolute atomic E-state index is 12.2. The molecule has 1 aromatic carbocycles. The Balaban J connectivity index is 1.87. The molecule has 1 aromatic rings. The van der Waals surface area contributed by atoms with Crippen LogP contribution in [0, 0.1) is 5.92 Å². The third-order valence-corrected chi connectivity index (χ3v) is 4.55. The Kier molecular flexibility index (Phi) is 7.72. The highest BCUT2D eigenvalue weighted by molar-refractivity contribution is 5.68. The molecule has 0 aromatic heterocycles. The number of hydrogen-bond donors (Lipinski definition) is 3. The van der Waals surface area contributed by atoms with Gasteiger partial charge in [0.15, 0.2) is 0 Å². The van der Waals surface area contributed by atoms with Gasteiger partial charge in [0.2, 0.25) is 0 Å². The van der Waals surface area contributed by atoms with E-state index in [2.05, 4.69) is 41.6 Å². The second kappa shape index (κ2) is 9.79. The molecule has 0 heterocycles. The van der Waals surface area contributed by atoms with Gasteiger partial charge < -0.3 is 20.7 Å². The van der Waals surface area contributed by atoms with Gasteiger partial charge in [-0.3, -0.25) is 0 Å². The van der Waals surface area contributed by atoms with Crippen molar-refractivity contribution in [1.29, 1.82) is 0 Å². The molecule has 27 heavy (non-hydrogen) atoms. The summed E-state index contributed by atoms with van der Waals surface area (Å²) in [6, 6.07) is 10.2. The number of amides is 1. The van der Waals surface area contributed by atoms with E-state index < -0.39 is 5.60 Å². The lowest BCUT2D eigenvalue weighted by Gasteiger charge is -2.26. The molecule has 1 aliphatic rings. The van der Waals surface area contributed by atoms with Crippen molar-refractivity contribution in [2.75, 3.05) is 13.1 Å². The minimum absolute atomic E-state index is 0.0686. The minimum Gasteiger partial charge on any atom is -0.444 e. The van der Waals surface area contributed by atoms with E-state index in [9.17, 15) is 4.79 Å². The van der Waals surface area contributed by atoms with Gasteiger partial charge >= 0.3 is 6.09 Å². The molecule has 150 valence electrons. The van der Waals surface area contributed by atoms with Gasteiger partial charge in [0, 0.05) is 30.9 Å². The van der Waals surface area contributed by atoms with Crippen LogP contribution in [0.5, 0.6) is 0 Å². The van der Waals surface area contributed by atoms with Crippen molar-refractivity contribution in [1.82, 2.24) is 16.0 Å². The summed E-state index contributed by atoms with van der Waals surface area (Å²) in [5, 5.41) is 9.91. The van der Waals surface area contributed by atoms with Gasteiger partial charge in [-0.1, -0.05) is 36.9 Å². The SMILES string of the molecule is C=C(NCC1CC1)[C@H](C)NC[C@H](Cc1ccccc1)NC(=O)OC(C)(C)C. The first-order valence-electron chi connectivity index (χ1n) is 9.92. The topological polar surface area (TPSA) is 62.4 Å². The van der Waals surface area contributed by atoms with E-state index in [1.807, 2.05) is 39.0 Å². The van der Waals surface area contributed by atoms with E-state index in [1.54, 1.807) is 0 Å². The zero-order valence-corrected chi connectivity index (χ0v) is 17.2. The van der Waals surface area contributed by atoms with Crippen LogP contribution < -0.4 is 16.0 Å².